The summed E-state index contributed by atoms with van der Waals surface area (Å²) in [6.45, 7) is 3.11. The Morgan fingerprint density at radius 1 is 0.969 bits per heavy atom. The van der Waals surface area contributed by atoms with Crippen molar-refractivity contribution in [3.05, 3.63) is 59.7 Å². The quantitative estimate of drug-likeness (QED) is 0.475. The van der Waals surface area contributed by atoms with E-state index in [4.69, 9.17) is 14.9 Å². The molecule has 0 spiro atoms. The predicted octanol–water partition coefficient (Wildman–Crippen LogP) is 2.50. The standard InChI is InChI=1S/C24H28N2O6/c1-14(2)20(11-22(28)25-21(12-27)23(29)30)26-24(31)32-13-19-17-9-5-3-7-15(17)16-8-4-6-10-18(16)19/h3-10,14,19-21,27H,11-13H2,1-2H3,(H,25,28)(H,26,31)(H,29,30)/t20-,21+/m1/s1. The zero-order valence-electron chi connectivity index (χ0n) is 18.1. The number of rotatable bonds is 9. The second kappa shape index (κ2) is 10.3. The molecule has 0 unspecified atom stereocenters. The second-order valence-corrected chi connectivity index (χ2v) is 8.17. The first-order chi connectivity index (χ1) is 15.3. The van der Waals surface area contributed by atoms with E-state index in [0.717, 1.165) is 22.3 Å². The number of hydrogen-bond acceptors (Lipinski definition) is 5. The fraction of sp³-hybridized carbons (Fsp3) is 0.375. The average Bonchev–Trinajstić information content (AvgIpc) is 3.09. The molecule has 0 saturated heterocycles. The highest BCUT2D eigenvalue weighted by Crippen LogP contribution is 2.44. The molecule has 4 N–H and O–H groups in total. The Morgan fingerprint density at radius 3 is 2.03 bits per heavy atom. The largest absolute Gasteiger partial charge is 0.480 e. The molecule has 0 saturated carbocycles. The summed E-state index contributed by atoms with van der Waals surface area (Å²) in [4.78, 5) is 35.7. The van der Waals surface area contributed by atoms with Crippen LogP contribution in [0.25, 0.3) is 11.1 Å². The summed E-state index contributed by atoms with van der Waals surface area (Å²) >= 11 is 0. The van der Waals surface area contributed by atoms with Crippen LogP contribution in [0.4, 0.5) is 4.79 Å². The molecule has 2 aromatic rings. The van der Waals surface area contributed by atoms with Crippen molar-refractivity contribution in [2.24, 2.45) is 5.92 Å². The molecule has 0 heterocycles. The Balaban J connectivity index is 1.61. The Kier molecular flexibility index (Phi) is 7.48. The van der Waals surface area contributed by atoms with Gasteiger partial charge in [-0.3, -0.25) is 4.79 Å². The lowest BCUT2D eigenvalue weighted by molar-refractivity contribution is -0.143. The van der Waals surface area contributed by atoms with Crippen molar-refractivity contribution in [2.75, 3.05) is 13.2 Å². The summed E-state index contributed by atoms with van der Waals surface area (Å²) in [7, 11) is 0. The molecule has 0 aromatic heterocycles. The summed E-state index contributed by atoms with van der Waals surface area (Å²) in [5.74, 6) is -2.08. The summed E-state index contributed by atoms with van der Waals surface area (Å²) in [6.07, 6.45) is -0.777. The number of nitrogens with one attached hydrogen (secondary N) is 2. The molecule has 0 fully saturated rings. The van der Waals surface area contributed by atoms with E-state index in [0.29, 0.717) is 0 Å². The van der Waals surface area contributed by atoms with Crippen LogP contribution in [0.3, 0.4) is 0 Å². The summed E-state index contributed by atoms with van der Waals surface area (Å²) in [6, 6.07) is 14.1. The van der Waals surface area contributed by atoms with Crippen molar-refractivity contribution in [1.82, 2.24) is 10.6 Å². The van der Waals surface area contributed by atoms with E-state index >= 15 is 0 Å². The van der Waals surface area contributed by atoms with Gasteiger partial charge in [0, 0.05) is 18.4 Å². The maximum absolute atomic E-state index is 12.5. The number of aliphatic carboxylic acids is 1. The Labute approximate surface area is 186 Å². The van der Waals surface area contributed by atoms with Gasteiger partial charge < -0.3 is 25.6 Å². The highest BCUT2D eigenvalue weighted by Gasteiger charge is 2.30. The summed E-state index contributed by atoms with van der Waals surface area (Å²) < 4.78 is 5.53. The fourth-order valence-electron chi connectivity index (χ4n) is 3.88. The van der Waals surface area contributed by atoms with Gasteiger partial charge in [-0.05, 0) is 28.2 Å². The number of aliphatic hydroxyl groups is 1. The van der Waals surface area contributed by atoms with Crippen LogP contribution in [-0.2, 0) is 14.3 Å². The number of aliphatic hydroxyl groups excluding tert-OH is 1. The fourth-order valence-corrected chi connectivity index (χ4v) is 3.88. The molecule has 2 atom stereocenters. The highest BCUT2D eigenvalue weighted by molar-refractivity contribution is 5.84. The number of hydrogen-bond donors (Lipinski definition) is 4. The molecule has 1 aliphatic carbocycles. The molecular formula is C24H28N2O6. The van der Waals surface area contributed by atoms with Crippen molar-refractivity contribution >= 4 is 18.0 Å². The molecule has 8 nitrogen and oxygen atoms in total. The summed E-state index contributed by atoms with van der Waals surface area (Å²) in [5, 5.41) is 23.0. The zero-order chi connectivity index (χ0) is 23.3. The third-order valence-corrected chi connectivity index (χ3v) is 5.67. The highest BCUT2D eigenvalue weighted by atomic mass is 16.5. The van der Waals surface area contributed by atoms with Crippen molar-refractivity contribution in [3.8, 4) is 11.1 Å². The first-order valence-electron chi connectivity index (χ1n) is 10.6. The van der Waals surface area contributed by atoms with Crippen molar-refractivity contribution in [3.63, 3.8) is 0 Å². The molecule has 1 aliphatic rings. The van der Waals surface area contributed by atoms with Crippen LogP contribution in [0.15, 0.2) is 48.5 Å². The minimum atomic E-state index is -1.38. The number of carboxylic acid groups (broad SMARTS) is 1. The third kappa shape index (κ3) is 5.26. The Hall–Kier alpha value is -3.39. The van der Waals surface area contributed by atoms with Gasteiger partial charge in [0.1, 0.15) is 12.6 Å². The SMILES string of the molecule is CC(C)[C@@H](CC(=O)N[C@@H](CO)C(=O)O)NC(=O)OCC1c2ccccc2-c2ccccc21. The smallest absolute Gasteiger partial charge is 0.407 e. The van der Waals surface area contributed by atoms with Crippen LogP contribution in [0.1, 0.15) is 37.3 Å². The zero-order valence-corrected chi connectivity index (χ0v) is 18.1. The maximum atomic E-state index is 12.5. The number of ether oxygens (including phenoxy) is 1. The lowest BCUT2D eigenvalue weighted by atomic mass is 9.98. The van der Waals surface area contributed by atoms with Crippen LogP contribution in [-0.4, -0.2) is 53.5 Å². The normalized spacial score (nSPS) is 14.2. The van der Waals surface area contributed by atoms with Gasteiger partial charge in [-0.1, -0.05) is 62.4 Å². The first kappa shape index (κ1) is 23.3. The average molecular weight is 440 g/mol. The van der Waals surface area contributed by atoms with E-state index in [-0.39, 0.29) is 24.9 Å². The number of alkyl carbamates (subject to hydrolysis) is 1. The van der Waals surface area contributed by atoms with E-state index in [1.54, 1.807) is 0 Å². The van der Waals surface area contributed by atoms with Crippen molar-refractivity contribution in [2.45, 2.75) is 38.3 Å². The molecule has 32 heavy (non-hydrogen) atoms. The monoisotopic (exact) mass is 440 g/mol. The number of carbonyl (C=O) groups excluding carboxylic acids is 2. The number of carboxylic acids is 1. The lowest BCUT2D eigenvalue weighted by Crippen LogP contribution is -2.47. The topological polar surface area (TPSA) is 125 Å². The van der Waals surface area contributed by atoms with Crippen LogP contribution in [0, 0.1) is 5.92 Å². The first-order valence-corrected chi connectivity index (χ1v) is 10.6. The van der Waals surface area contributed by atoms with Gasteiger partial charge in [0.2, 0.25) is 5.91 Å². The number of amides is 2. The van der Waals surface area contributed by atoms with Crippen LogP contribution >= 0.6 is 0 Å². The van der Waals surface area contributed by atoms with Crippen LogP contribution in [0.2, 0.25) is 0 Å². The Bertz CT molecular complexity index is 944. The van der Waals surface area contributed by atoms with Gasteiger partial charge in [0.25, 0.3) is 0 Å². The molecule has 0 radical (unpaired) electrons. The van der Waals surface area contributed by atoms with Crippen molar-refractivity contribution < 1.29 is 29.3 Å². The van der Waals surface area contributed by atoms with E-state index in [9.17, 15) is 14.4 Å². The van der Waals surface area contributed by atoms with Crippen molar-refractivity contribution in [1.29, 1.82) is 0 Å². The molecule has 8 heteroatoms. The lowest BCUT2D eigenvalue weighted by Gasteiger charge is -2.23. The van der Waals surface area contributed by atoms with Gasteiger partial charge in [-0.2, -0.15) is 0 Å². The van der Waals surface area contributed by atoms with E-state index < -0.39 is 36.7 Å². The number of carbonyl (C=O) groups is 3. The van der Waals surface area contributed by atoms with E-state index in [1.165, 1.54) is 0 Å². The minimum Gasteiger partial charge on any atom is -0.480 e. The molecule has 0 aliphatic heterocycles. The maximum Gasteiger partial charge on any atom is 0.407 e. The molecule has 2 aromatic carbocycles. The Morgan fingerprint density at radius 2 is 1.53 bits per heavy atom. The minimum absolute atomic E-state index is 0.0742. The van der Waals surface area contributed by atoms with Crippen LogP contribution in [0.5, 0.6) is 0 Å². The van der Waals surface area contributed by atoms with E-state index in [2.05, 4.69) is 22.8 Å². The number of benzene rings is 2. The molecule has 2 amide bonds. The predicted molar refractivity (Wildman–Crippen MR) is 118 cm³/mol. The van der Waals surface area contributed by atoms with E-state index in [1.807, 2.05) is 50.2 Å². The van der Waals surface area contributed by atoms with Gasteiger partial charge in [0.15, 0.2) is 0 Å². The van der Waals surface area contributed by atoms with Gasteiger partial charge in [-0.25, -0.2) is 9.59 Å². The molecule has 170 valence electrons. The van der Waals surface area contributed by atoms with Gasteiger partial charge >= 0.3 is 12.1 Å². The van der Waals surface area contributed by atoms with Gasteiger partial charge in [-0.15, -0.1) is 0 Å². The molecule has 3 rings (SSSR count). The second-order valence-electron chi connectivity index (χ2n) is 8.17. The molecule has 0 bridgehead atoms. The van der Waals surface area contributed by atoms with Crippen LogP contribution < -0.4 is 10.6 Å². The third-order valence-electron chi connectivity index (χ3n) is 5.67. The summed E-state index contributed by atoms with van der Waals surface area (Å²) in [5.41, 5.74) is 4.46. The number of fused-ring (bicyclic) bond motifs is 3. The van der Waals surface area contributed by atoms with Gasteiger partial charge in [0.05, 0.1) is 6.61 Å². The molecular weight excluding hydrogens is 412 g/mol.